The Kier molecular flexibility index (Phi) is 16.7. The Balaban J connectivity index is 1.85. The number of para-hydroxylation sites is 4. The summed E-state index contributed by atoms with van der Waals surface area (Å²) in [5.74, 6) is 3.42. The van der Waals surface area contributed by atoms with Crippen LogP contribution in [0.25, 0.3) is 11.1 Å². The summed E-state index contributed by atoms with van der Waals surface area (Å²) in [6.07, 6.45) is 0. The maximum atomic E-state index is 7.99. The van der Waals surface area contributed by atoms with E-state index in [1.807, 2.05) is 0 Å². The minimum atomic E-state index is -2.04. The minimum Gasteiger partial charge on any atom is -0.435 e. The van der Waals surface area contributed by atoms with E-state index in [0.717, 1.165) is 89.2 Å². The first-order chi connectivity index (χ1) is 33.8. The molecule has 0 aliphatic rings. The second-order valence-corrected chi connectivity index (χ2v) is 31.4. The van der Waals surface area contributed by atoms with Gasteiger partial charge in [-0.3, -0.25) is 0 Å². The van der Waals surface area contributed by atoms with Crippen molar-refractivity contribution < 1.29 is 18.1 Å². The Hall–Kier alpha value is -4.62. The zero-order valence-electron chi connectivity index (χ0n) is 50.1. The highest BCUT2D eigenvalue weighted by Crippen LogP contribution is 2.55. The standard InChI is InChI=1S/C68H92O4P2/c1-61(2,3)47-34-28-35-48(62(4,5)6)57(47)69-73(70-58-49(63(7,8)9)36-29-37-50(58)64(10,11)12)55-43-42-46(45-32-26-25-27-33-45)44-56(55)74(71-59-51(65(13,14)15)38-30-39-52(59)66(16,17)18)72-60-53(67(19,20)21)40-31-41-54(60)68(22,23)24/h25-44H,1-24H3. The quantitative estimate of drug-likeness (QED) is 0.121. The van der Waals surface area contributed by atoms with Gasteiger partial charge in [0.25, 0.3) is 0 Å². The second kappa shape index (κ2) is 21.1. The smallest absolute Gasteiger partial charge is 0.327 e. The highest BCUT2D eigenvalue weighted by Gasteiger charge is 2.40. The van der Waals surface area contributed by atoms with Crippen molar-refractivity contribution in [3.05, 3.63) is 166 Å². The number of hydrogen-bond donors (Lipinski definition) is 0. The van der Waals surface area contributed by atoms with Crippen molar-refractivity contribution in [1.29, 1.82) is 0 Å². The molecular weight excluding hydrogens is 943 g/mol. The molecule has 0 bridgehead atoms. The molecule has 0 spiro atoms. The SMILES string of the molecule is CC(C)(C)c1cccc(C(C)(C)C)c1OP(Oc1c(C(C)(C)C)cccc1C(C)(C)C)c1ccc(-c2ccccc2)cc1P(Oc1c(C(C)(C)C)cccc1C(C)(C)C)Oc1c(C(C)(C)C)cccc1C(C)(C)C. The Bertz CT molecular complexity index is 2620. The summed E-state index contributed by atoms with van der Waals surface area (Å²) in [7, 11) is -4.05. The van der Waals surface area contributed by atoms with Crippen LogP contribution in [0.2, 0.25) is 0 Å². The van der Waals surface area contributed by atoms with Gasteiger partial charge in [0.05, 0.1) is 10.6 Å². The van der Waals surface area contributed by atoms with Crippen LogP contribution in [0, 0.1) is 0 Å². The summed E-state index contributed by atoms with van der Waals surface area (Å²) < 4.78 is 31.9. The summed E-state index contributed by atoms with van der Waals surface area (Å²) >= 11 is 0. The highest BCUT2D eigenvalue weighted by molar-refractivity contribution is 7.63. The zero-order chi connectivity index (χ0) is 55.4. The van der Waals surface area contributed by atoms with E-state index in [-0.39, 0.29) is 43.3 Å². The van der Waals surface area contributed by atoms with Crippen LogP contribution in [-0.4, -0.2) is 0 Å². The lowest BCUT2D eigenvalue weighted by Crippen LogP contribution is -2.31. The molecule has 0 saturated carbocycles. The molecule has 0 saturated heterocycles. The lowest BCUT2D eigenvalue weighted by molar-refractivity contribution is 0.440. The highest BCUT2D eigenvalue weighted by atomic mass is 31.2. The third-order valence-electron chi connectivity index (χ3n) is 13.7. The predicted molar refractivity (Wildman–Crippen MR) is 323 cm³/mol. The molecule has 0 radical (unpaired) electrons. The molecule has 0 aliphatic carbocycles. The molecule has 6 aromatic carbocycles. The van der Waals surface area contributed by atoms with E-state index in [1.165, 1.54) is 0 Å². The Labute approximate surface area is 452 Å². The van der Waals surface area contributed by atoms with Gasteiger partial charge in [-0.15, -0.1) is 0 Å². The lowest BCUT2D eigenvalue weighted by atomic mass is 9.79. The van der Waals surface area contributed by atoms with Crippen LogP contribution >= 0.6 is 16.8 Å². The molecule has 0 unspecified atom stereocenters. The van der Waals surface area contributed by atoms with Gasteiger partial charge in [-0.1, -0.05) is 275 Å². The minimum absolute atomic E-state index is 0.254. The lowest BCUT2D eigenvalue weighted by Gasteiger charge is -2.36. The van der Waals surface area contributed by atoms with Gasteiger partial charge in [-0.05, 0) is 66.6 Å². The van der Waals surface area contributed by atoms with E-state index >= 15 is 0 Å². The van der Waals surface area contributed by atoms with Crippen molar-refractivity contribution >= 4 is 27.4 Å². The van der Waals surface area contributed by atoms with Gasteiger partial charge in [-0.25, -0.2) is 0 Å². The van der Waals surface area contributed by atoms with Crippen molar-refractivity contribution in [1.82, 2.24) is 0 Å². The predicted octanol–water partition coefficient (Wildman–Crippen LogP) is 19.9. The van der Waals surface area contributed by atoms with Gasteiger partial charge in [0, 0.05) is 44.5 Å². The Morgan fingerprint density at radius 2 is 0.459 bits per heavy atom. The average Bonchev–Trinajstić information content (AvgIpc) is 3.26. The monoisotopic (exact) mass is 1030 g/mol. The maximum Gasteiger partial charge on any atom is 0.327 e. The average molecular weight is 1040 g/mol. The van der Waals surface area contributed by atoms with Gasteiger partial charge >= 0.3 is 16.8 Å². The van der Waals surface area contributed by atoms with E-state index in [0.29, 0.717) is 0 Å². The third-order valence-corrected chi connectivity index (χ3v) is 16.8. The van der Waals surface area contributed by atoms with Crippen LogP contribution < -0.4 is 28.7 Å². The molecule has 6 heteroatoms. The van der Waals surface area contributed by atoms with Crippen molar-refractivity contribution in [3.8, 4) is 34.1 Å². The summed E-state index contributed by atoms with van der Waals surface area (Å²) in [4.78, 5) is 0. The molecule has 74 heavy (non-hydrogen) atoms. The van der Waals surface area contributed by atoms with E-state index in [4.69, 9.17) is 18.1 Å². The summed E-state index contributed by atoms with van der Waals surface area (Å²) in [5.41, 5.74) is 9.10. The van der Waals surface area contributed by atoms with Crippen molar-refractivity contribution in [2.75, 3.05) is 0 Å². The van der Waals surface area contributed by atoms with Crippen molar-refractivity contribution in [2.24, 2.45) is 0 Å². The molecule has 0 atom stereocenters. The molecule has 4 nitrogen and oxygen atoms in total. The van der Waals surface area contributed by atoms with Crippen LogP contribution in [0.1, 0.15) is 211 Å². The van der Waals surface area contributed by atoms with Crippen LogP contribution in [0.4, 0.5) is 0 Å². The van der Waals surface area contributed by atoms with Gasteiger partial charge in [0.15, 0.2) is 0 Å². The van der Waals surface area contributed by atoms with Gasteiger partial charge in [0.1, 0.15) is 23.0 Å². The molecule has 0 fully saturated rings. The molecular formula is C68H92O4P2. The molecule has 0 aliphatic heterocycles. The van der Waals surface area contributed by atoms with Crippen LogP contribution in [-0.2, 0) is 43.3 Å². The Morgan fingerprint density at radius 3 is 0.689 bits per heavy atom. The van der Waals surface area contributed by atoms with Gasteiger partial charge < -0.3 is 18.1 Å². The van der Waals surface area contributed by atoms with Gasteiger partial charge in [-0.2, -0.15) is 0 Å². The van der Waals surface area contributed by atoms with E-state index in [2.05, 4.69) is 287 Å². The maximum absolute atomic E-state index is 7.99. The molecule has 6 rings (SSSR count). The topological polar surface area (TPSA) is 36.9 Å². The zero-order valence-corrected chi connectivity index (χ0v) is 51.9. The number of rotatable bonds is 11. The van der Waals surface area contributed by atoms with E-state index in [1.54, 1.807) is 0 Å². The first-order valence-corrected chi connectivity index (χ1v) is 29.2. The fourth-order valence-corrected chi connectivity index (χ4v) is 12.8. The molecule has 0 heterocycles. The molecule has 0 N–H and O–H groups in total. The second-order valence-electron chi connectivity index (χ2n) is 28.7. The largest absolute Gasteiger partial charge is 0.435 e. The first kappa shape index (κ1) is 58.6. The molecule has 398 valence electrons. The summed E-state index contributed by atoms with van der Waals surface area (Å²) in [6, 6.07) is 44.1. The Morgan fingerprint density at radius 1 is 0.230 bits per heavy atom. The van der Waals surface area contributed by atoms with Crippen molar-refractivity contribution in [2.45, 2.75) is 209 Å². The summed E-state index contributed by atoms with van der Waals surface area (Å²) in [6.45, 7) is 54.6. The normalized spacial score (nSPS) is 13.4. The van der Waals surface area contributed by atoms with Crippen LogP contribution in [0.15, 0.2) is 121 Å². The van der Waals surface area contributed by atoms with Crippen molar-refractivity contribution in [3.63, 3.8) is 0 Å². The van der Waals surface area contributed by atoms with E-state index in [9.17, 15) is 0 Å². The summed E-state index contributed by atoms with van der Waals surface area (Å²) in [5, 5.41) is 1.80. The molecule has 0 aromatic heterocycles. The fraction of sp³-hybridized carbons (Fsp3) is 0.471. The fourth-order valence-electron chi connectivity index (χ4n) is 9.47. The number of benzene rings is 6. The van der Waals surface area contributed by atoms with Gasteiger partial charge in [0.2, 0.25) is 0 Å². The van der Waals surface area contributed by atoms with E-state index < -0.39 is 16.8 Å². The van der Waals surface area contributed by atoms with Crippen LogP contribution in [0.5, 0.6) is 23.0 Å². The van der Waals surface area contributed by atoms with Crippen LogP contribution in [0.3, 0.4) is 0 Å². The molecule has 0 amide bonds. The third kappa shape index (κ3) is 13.5. The number of hydrogen-bond acceptors (Lipinski definition) is 4. The molecule has 6 aromatic rings. The first-order valence-electron chi connectivity index (χ1n) is 26.9.